The Morgan fingerprint density at radius 3 is 1.88 bits per heavy atom. The number of carboxylic acid groups (broad SMARTS) is 1. The van der Waals surface area contributed by atoms with E-state index in [0.29, 0.717) is 36.6 Å². The van der Waals surface area contributed by atoms with Gasteiger partial charge in [-0.3, -0.25) is 9.59 Å². The van der Waals surface area contributed by atoms with Crippen LogP contribution in [-0.2, 0) is 16.0 Å². The highest BCUT2D eigenvalue weighted by molar-refractivity contribution is 5.94. The highest BCUT2D eigenvalue weighted by Gasteiger charge is 2.18. The van der Waals surface area contributed by atoms with Crippen LogP contribution in [0.4, 0.5) is 4.39 Å². The molecule has 0 atom stereocenters. The number of hydrogen-bond donors (Lipinski definition) is 2. The fraction of sp³-hybridized carbons (Fsp3) is 0.512. The molecule has 2 aromatic rings. The Bertz CT molecular complexity index is 1260. The quantitative estimate of drug-likeness (QED) is 0.211. The Kier molecular flexibility index (Phi) is 37.7. The van der Waals surface area contributed by atoms with Crippen LogP contribution < -0.4 is 5.73 Å². The normalized spacial score (nSPS) is 11.1. The molecule has 0 bridgehead atoms. The number of carbonyl (C=O) groups excluding carboxylic acids is 1. The molecule has 1 amide bonds. The van der Waals surface area contributed by atoms with Gasteiger partial charge in [0.15, 0.2) is 0 Å². The van der Waals surface area contributed by atoms with Crippen LogP contribution in [0.1, 0.15) is 149 Å². The number of carbonyl (C=O) groups is 2. The number of hydrogen-bond acceptors (Lipinski definition) is 4. The number of benzene rings is 2. The fourth-order valence-electron chi connectivity index (χ4n) is 3.83. The fourth-order valence-corrected chi connectivity index (χ4v) is 3.83. The number of nitrogens with zero attached hydrogens (tertiary/aromatic N) is 2. The number of unbranched alkanes of at least 4 members (excludes halogenated alkanes) is 3. The second-order valence-electron chi connectivity index (χ2n) is 11.5. The molecule has 0 fully saturated rings. The van der Waals surface area contributed by atoms with Crippen molar-refractivity contribution >= 4 is 11.9 Å². The lowest BCUT2D eigenvalue weighted by Crippen LogP contribution is -2.32. The van der Waals surface area contributed by atoms with Gasteiger partial charge in [-0.2, -0.15) is 5.26 Å². The molecule has 280 valence electrons. The largest absolute Gasteiger partial charge is 0.481 e. The number of aryl methyl sites for hydroxylation is 1. The Labute approximate surface area is 305 Å². The standard InChI is InChI=1S/C18H20FN3O.C10H14.C5H12.C4H10.C2H4O2.C2H6.C2H2/c1-2-14(18(23)22-9-3-4-16(21)12-22)7-5-13-6-8-15(11-20)17(19)10-13;1-8(2)10-6-4-9(3)5-7-10;1-3-5-4-2;1-3-4-2;1-2(3)4;2*1-2/h6-8,10,12H,2-5,9,21H2,1H3;4-8H,1-3H3;3-5H2,1-2H3;3-4H2,1-2H3;1H3,(H,3,4);1-2H3;1-2H/b14-7+;;;;;;. The Balaban J connectivity index is -0.000000322. The summed E-state index contributed by atoms with van der Waals surface area (Å²) in [5.74, 6) is -0.764. The molecule has 3 rings (SSSR count). The third-order valence-electron chi connectivity index (χ3n) is 6.79. The van der Waals surface area contributed by atoms with Gasteiger partial charge in [0.2, 0.25) is 0 Å². The monoisotopic (exact) mass is 694 g/mol. The molecule has 7 heteroatoms. The maximum absolute atomic E-state index is 13.6. The van der Waals surface area contributed by atoms with Crippen LogP contribution in [0.25, 0.3) is 0 Å². The third kappa shape index (κ3) is 28.6. The van der Waals surface area contributed by atoms with Gasteiger partial charge in [-0.1, -0.05) is 136 Å². The number of nitrogens with two attached hydrogens (primary N) is 1. The minimum atomic E-state index is -0.833. The maximum Gasteiger partial charge on any atom is 0.300 e. The molecule has 1 aliphatic rings. The molecule has 0 spiro atoms. The van der Waals surface area contributed by atoms with Crippen LogP contribution in [0, 0.1) is 36.9 Å². The number of nitriles is 1. The summed E-state index contributed by atoms with van der Waals surface area (Å²) in [6.07, 6.45) is 21.0. The topological polar surface area (TPSA) is 107 Å². The molecule has 0 radical (unpaired) electrons. The lowest BCUT2D eigenvalue weighted by molar-refractivity contribution is -0.134. The van der Waals surface area contributed by atoms with Gasteiger partial charge in [0.1, 0.15) is 11.9 Å². The number of allylic oxidation sites excluding steroid dienone is 2. The molecule has 0 unspecified atom stereocenters. The zero-order valence-corrected chi connectivity index (χ0v) is 33.1. The molecule has 0 aromatic heterocycles. The Morgan fingerprint density at radius 1 is 1.00 bits per heavy atom. The van der Waals surface area contributed by atoms with Crippen molar-refractivity contribution in [3.63, 3.8) is 0 Å². The molecule has 0 aliphatic carbocycles. The van der Waals surface area contributed by atoms with Crippen molar-refractivity contribution in [2.24, 2.45) is 5.73 Å². The van der Waals surface area contributed by atoms with Crippen molar-refractivity contribution in [1.82, 2.24) is 4.90 Å². The van der Waals surface area contributed by atoms with Crippen molar-refractivity contribution in [3.8, 4) is 18.9 Å². The second kappa shape index (κ2) is 35.9. The predicted molar refractivity (Wildman–Crippen MR) is 212 cm³/mol. The van der Waals surface area contributed by atoms with Gasteiger partial charge in [-0.05, 0) is 61.8 Å². The number of amides is 1. The minimum absolute atomic E-state index is 0.0263. The first-order valence-electron chi connectivity index (χ1n) is 18.0. The highest BCUT2D eigenvalue weighted by Crippen LogP contribution is 2.17. The van der Waals surface area contributed by atoms with Gasteiger partial charge in [0, 0.05) is 30.9 Å². The van der Waals surface area contributed by atoms with E-state index in [1.54, 1.807) is 23.2 Å². The van der Waals surface area contributed by atoms with E-state index in [4.69, 9.17) is 20.9 Å². The maximum atomic E-state index is 13.6. The van der Waals surface area contributed by atoms with E-state index in [1.807, 2.05) is 26.8 Å². The molecule has 0 saturated carbocycles. The third-order valence-corrected chi connectivity index (χ3v) is 6.79. The van der Waals surface area contributed by atoms with Crippen molar-refractivity contribution < 1.29 is 19.1 Å². The molecule has 1 aliphatic heterocycles. The van der Waals surface area contributed by atoms with Gasteiger partial charge < -0.3 is 15.7 Å². The molecule has 2 aromatic carbocycles. The molecular weight excluding hydrogens is 625 g/mol. The first-order valence-corrected chi connectivity index (χ1v) is 18.0. The zero-order valence-electron chi connectivity index (χ0n) is 33.1. The van der Waals surface area contributed by atoms with Gasteiger partial charge in [0.05, 0.1) is 5.56 Å². The number of rotatable bonds is 8. The molecule has 6 nitrogen and oxygen atoms in total. The zero-order chi connectivity index (χ0) is 39.5. The van der Waals surface area contributed by atoms with E-state index >= 15 is 0 Å². The van der Waals surface area contributed by atoms with Crippen LogP contribution >= 0.6 is 0 Å². The number of carboxylic acids is 1. The average molecular weight is 694 g/mol. The summed E-state index contributed by atoms with van der Waals surface area (Å²) in [5, 5.41) is 16.2. The summed E-state index contributed by atoms with van der Waals surface area (Å²) in [6, 6.07) is 15.0. The molecule has 0 saturated heterocycles. The van der Waals surface area contributed by atoms with E-state index in [-0.39, 0.29) is 11.5 Å². The predicted octanol–water partition coefficient (Wildman–Crippen LogP) is 11.5. The van der Waals surface area contributed by atoms with Gasteiger partial charge in [-0.15, -0.1) is 12.8 Å². The summed E-state index contributed by atoms with van der Waals surface area (Å²) in [7, 11) is 0. The summed E-state index contributed by atoms with van der Waals surface area (Å²) >= 11 is 0. The van der Waals surface area contributed by atoms with Crippen molar-refractivity contribution in [2.75, 3.05) is 6.54 Å². The van der Waals surface area contributed by atoms with Gasteiger partial charge in [0.25, 0.3) is 11.9 Å². The lowest BCUT2D eigenvalue weighted by atomic mass is 10.0. The SMILES string of the molecule is C#C.CC.CC(=O)O.CC/C(=C\Cc1ccc(C#N)c(F)c1)C(=O)N1C=C(N)CCC1.CCCC.CCCCC.Cc1ccc(C(C)C)cc1. The molecular formula is C43H68FN3O3. The lowest BCUT2D eigenvalue weighted by Gasteiger charge is -2.24. The minimum Gasteiger partial charge on any atom is -0.481 e. The summed E-state index contributed by atoms with van der Waals surface area (Å²) < 4.78 is 13.6. The van der Waals surface area contributed by atoms with Crippen LogP contribution in [0.3, 0.4) is 0 Å². The average Bonchev–Trinajstić information content (AvgIpc) is 3.11. The number of halogens is 1. The number of aliphatic carboxylic acids is 1. The van der Waals surface area contributed by atoms with Crippen LogP contribution in [0.5, 0.6) is 0 Å². The summed E-state index contributed by atoms with van der Waals surface area (Å²) in [6.45, 7) is 23.0. The second-order valence-corrected chi connectivity index (χ2v) is 11.5. The number of terminal acetylenes is 1. The first-order chi connectivity index (χ1) is 23.8. The van der Waals surface area contributed by atoms with E-state index in [0.717, 1.165) is 25.3 Å². The van der Waals surface area contributed by atoms with Gasteiger partial charge in [-0.25, -0.2) is 4.39 Å². The van der Waals surface area contributed by atoms with Crippen molar-refractivity contribution in [3.05, 3.63) is 94.1 Å². The van der Waals surface area contributed by atoms with E-state index in [9.17, 15) is 9.18 Å². The summed E-state index contributed by atoms with van der Waals surface area (Å²) in [5.41, 5.74) is 10.7. The van der Waals surface area contributed by atoms with Gasteiger partial charge >= 0.3 is 0 Å². The molecule has 3 N–H and O–H groups in total. The van der Waals surface area contributed by atoms with Crippen molar-refractivity contribution in [1.29, 1.82) is 5.26 Å². The van der Waals surface area contributed by atoms with Crippen LogP contribution in [0.2, 0.25) is 0 Å². The van der Waals surface area contributed by atoms with E-state index < -0.39 is 11.8 Å². The van der Waals surface area contributed by atoms with E-state index in [1.165, 1.54) is 55.4 Å². The Hall–Kier alpha value is -4.36. The Morgan fingerprint density at radius 2 is 1.52 bits per heavy atom. The smallest absolute Gasteiger partial charge is 0.300 e. The van der Waals surface area contributed by atoms with Crippen molar-refractivity contribution in [2.45, 2.75) is 140 Å². The van der Waals surface area contributed by atoms with Crippen LogP contribution in [0.15, 0.2) is 66.0 Å². The van der Waals surface area contributed by atoms with Crippen LogP contribution in [-0.4, -0.2) is 28.4 Å². The summed E-state index contributed by atoms with van der Waals surface area (Å²) in [4.78, 5) is 23.2. The molecule has 1 heterocycles. The molecule has 50 heavy (non-hydrogen) atoms. The highest BCUT2D eigenvalue weighted by atomic mass is 19.1. The van der Waals surface area contributed by atoms with E-state index in [2.05, 4.69) is 85.6 Å². The first kappa shape index (κ1) is 52.5.